The first-order chi connectivity index (χ1) is 8.65. The molecule has 0 radical (unpaired) electrons. The van der Waals surface area contributed by atoms with Gasteiger partial charge in [-0.05, 0) is 17.7 Å². The zero-order valence-corrected chi connectivity index (χ0v) is 10.5. The fraction of sp³-hybridized carbons (Fsp3) is 0.250. The second-order valence-electron chi connectivity index (χ2n) is 3.77. The number of ether oxygens (including phenoxy) is 1. The topological polar surface area (TPSA) is 57.0 Å². The van der Waals surface area contributed by atoms with Gasteiger partial charge in [0, 0.05) is 11.9 Å². The summed E-state index contributed by atoms with van der Waals surface area (Å²) < 4.78 is 6.89. The van der Waals surface area contributed by atoms with Crippen molar-refractivity contribution in [3.05, 3.63) is 47.5 Å². The average molecular weight is 266 g/mol. The molecule has 2 rings (SSSR count). The number of hydrogen-bond donors (Lipinski definition) is 0. The number of aromatic nitrogens is 3. The van der Waals surface area contributed by atoms with Gasteiger partial charge in [-0.1, -0.05) is 23.7 Å². The van der Waals surface area contributed by atoms with Crippen LogP contribution in [0.25, 0.3) is 0 Å². The summed E-state index contributed by atoms with van der Waals surface area (Å²) in [5, 5.41) is 4.63. The number of carbonyl (C=O) groups is 1. The molecule has 0 spiro atoms. The molecular formula is C12H12ClN3O2. The summed E-state index contributed by atoms with van der Waals surface area (Å²) in [6.07, 6.45) is 2.61. The van der Waals surface area contributed by atoms with E-state index in [1.54, 1.807) is 23.1 Å². The molecule has 0 saturated heterocycles. The molecule has 0 N–H and O–H groups in total. The molecule has 1 heterocycles. The van der Waals surface area contributed by atoms with E-state index in [2.05, 4.69) is 10.1 Å². The summed E-state index contributed by atoms with van der Waals surface area (Å²) in [4.78, 5) is 15.0. The van der Waals surface area contributed by atoms with Gasteiger partial charge < -0.3 is 4.74 Å². The predicted molar refractivity (Wildman–Crippen MR) is 66.0 cm³/mol. The molecule has 0 bridgehead atoms. The minimum Gasteiger partial charge on any atom is -0.456 e. The quantitative estimate of drug-likeness (QED) is 0.796. The number of hydrogen-bond acceptors (Lipinski definition) is 4. The first kappa shape index (κ1) is 12.6. The maximum atomic E-state index is 11.1. The van der Waals surface area contributed by atoms with Crippen molar-refractivity contribution < 1.29 is 9.53 Å². The molecule has 1 unspecified atom stereocenters. The Morgan fingerprint density at radius 2 is 2.17 bits per heavy atom. The van der Waals surface area contributed by atoms with Crippen LogP contribution in [0.5, 0.6) is 0 Å². The lowest BCUT2D eigenvalue weighted by molar-refractivity contribution is -0.147. The van der Waals surface area contributed by atoms with Gasteiger partial charge in [-0.2, -0.15) is 5.10 Å². The van der Waals surface area contributed by atoms with Crippen LogP contribution in [0.1, 0.15) is 18.6 Å². The zero-order valence-electron chi connectivity index (χ0n) is 9.78. The van der Waals surface area contributed by atoms with Gasteiger partial charge in [-0.15, -0.1) is 0 Å². The van der Waals surface area contributed by atoms with Crippen LogP contribution in [0.3, 0.4) is 0 Å². The Balaban J connectivity index is 2.19. The Bertz CT molecular complexity index is 511. The van der Waals surface area contributed by atoms with E-state index in [1.165, 1.54) is 13.3 Å². The summed E-state index contributed by atoms with van der Waals surface area (Å²) in [6, 6.07) is 7.17. The van der Waals surface area contributed by atoms with E-state index in [0.29, 0.717) is 11.6 Å². The Kier molecular flexibility index (Phi) is 3.94. The van der Waals surface area contributed by atoms with Gasteiger partial charge in [0.2, 0.25) is 0 Å². The van der Waals surface area contributed by atoms with Crippen molar-refractivity contribution in [3.63, 3.8) is 0 Å². The first-order valence-corrected chi connectivity index (χ1v) is 5.78. The summed E-state index contributed by atoms with van der Waals surface area (Å²) >= 11 is 5.83. The van der Waals surface area contributed by atoms with E-state index >= 15 is 0 Å². The smallest absolute Gasteiger partial charge is 0.303 e. The van der Waals surface area contributed by atoms with Crippen LogP contribution in [0.2, 0.25) is 5.02 Å². The summed E-state index contributed by atoms with van der Waals surface area (Å²) in [5.74, 6) is -0.338. The number of nitrogens with zero attached hydrogens (tertiary/aromatic N) is 3. The minimum atomic E-state index is -0.401. The van der Waals surface area contributed by atoms with E-state index in [-0.39, 0.29) is 5.97 Å². The van der Waals surface area contributed by atoms with Gasteiger partial charge >= 0.3 is 5.97 Å². The van der Waals surface area contributed by atoms with Crippen LogP contribution in [0.4, 0.5) is 0 Å². The fourth-order valence-corrected chi connectivity index (χ4v) is 1.71. The Hall–Kier alpha value is -1.88. The van der Waals surface area contributed by atoms with E-state index in [4.69, 9.17) is 16.3 Å². The van der Waals surface area contributed by atoms with Crippen LogP contribution in [0, 0.1) is 0 Å². The fourth-order valence-electron chi connectivity index (χ4n) is 1.59. The zero-order chi connectivity index (χ0) is 13.0. The molecule has 1 aromatic carbocycles. The summed E-state index contributed by atoms with van der Waals surface area (Å²) in [7, 11) is 0. The van der Waals surface area contributed by atoms with Crippen LogP contribution in [0.15, 0.2) is 36.9 Å². The monoisotopic (exact) mass is 265 g/mol. The highest BCUT2D eigenvalue weighted by Gasteiger charge is 2.15. The van der Waals surface area contributed by atoms with Gasteiger partial charge in [0.05, 0.1) is 6.54 Å². The maximum absolute atomic E-state index is 11.1. The van der Waals surface area contributed by atoms with Gasteiger partial charge in [0.15, 0.2) is 0 Å². The van der Waals surface area contributed by atoms with E-state index in [0.717, 1.165) is 5.56 Å². The third-order valence-corrected chi connectivity index (χ3v) is 2.62. The third-order valence-electron chi connectivity index (χ3n) is 2.37. The summed E-state index contributed by atoms with van der Waals surface area (Å²) in [6.45, 7) is 1.80. The lowest BCUT2D eigenvalue weighted by Crippen LogP contribution is -2.15. The standard InChI is InChI=1S/C12H12ClN3O2/c1-9(17)18-12(6-16-8-14-7-15-16)10-2-4-11(13)5-3-10/h2-5,7-8,12H,6H2,1H3. The molecule has 94 valence electrons. The molecule has 0 saturated carbocycles. The van der Waals surface area contributed by atoms with Crippen molar-refractivity contribution in [1.29, 1.82) is 0 Å². The minimum absolute atomic E-state index is 0.338. The van der Waals surface area contributed by atoms with Gasteiger partial charge in [-0.25, -0.2) is 9.67 Å². The lowest BCUT2D eigenvalue weighted by atomic mass is 10.1. The SMILES string of the molecule is CC(=O)OC(Cn1cncn1)c1ccc(Cl)cc1. The highest BCUT2D eigenvalue weighted by Crippen LogP contribution is 2.21. The molecule has 18 heavy (non-hydrogen) atoms. The van der Waals surface area contributed by atoms with Crippen LogP contribution in [-0.4, -0.2) is 20.7 Å². The van der Waals surface area contributed by atoms with Crippen molar-refractivity contribution in [3.8, 4) is 0 Å². The molecule has 0 fully saturated rings. The Labute approximate surface area is 109 Å². The van der Waals surface area contributed by atoms with Gasteiger partial charge in [0.1, 0.15) is 18.8 Å². The first-order valence-electron chi connectivity index (χ1n) is 5.40. The van der Waals surface area contributed by atoms with Crippen molar-refractivity contribution in [2.45, 2.75) is 19.6 Å². The molecule has 0 aliphatic heterocycles. The Morgan fingerprint density at radius 3 is 2.72 bits per heavy atom. The highest BCUT2D eigenvalue weighted by molar-refractivity contribution is 6.30. The van der Waals surface area contributed by atoms with Crippen LogP contribution < -0.4 is 0 Å². The number of carbonyl (C=O) groups excluding carboxylic acids is 1. The maximum Gasteiger partial charge on any atom is 0.303 e. The normalized spacial score (nSPS) is 12.1. The molecule has 6 heteroatoms. The van der Waals surface area contributed by atoms with E-state index in [9.17, 15) is 4.79 Å². The third kappa shape index (κ3) is 3.30. The second-order valence-corrected chi connectivity index (χ2v) is 4.20. The Morgan fingerprint density at radius 1 is 1.44 bits per heavy atom. The lowest BCUT2D eigenvalue weighted by Gasteiger charge is -2.17. The van der Waals surface area contributed by atoms with Crippen molar-refractivity contribution in [1.82, 2.24) is 14.8 Å². The second kappa shape index (κ2) is 5.64. The van der Waals surface area contributed by atoms with Crippen LogP contribution >= 0.6 is 11.6 Å². The molecule has 5 nitrogen and oxygen atoms in total. The van der Waals surface area contributed by atoms with Gasteiger partial charge in [-0.3, -0.25) is 4.79 Å². The molecule has 2 aromatic rings. The molecular weight excluding hydrogens is 254 g/mol. The highest BCUT2D eigenvalue weighted by atomic mass is 35.5. The number of esters is 1. The van der Waals surface area contributed by atoms with E-state index < -0.39 is 6.10 Å². The van der Waals surface area contributed by atoms with Gasteiger partial charge in [0.25, 0.3) is 0 Å². The van der Waals surface area contributed by atoms with Crippen LogP contribution in [-0.2, 0) is 16.1 Å². The molecule has 0 amide bonds. The van der Waals surface area contributed by atoms with Crippen molar-refractivity contribution in [2.24, 2.45) is 0 Å². The predicted octanol–water partition coefficient (Wildman–Crippen LogP) is 2.24. The number of benzene rings is 1. The average Bonchev–Trinajstić information content (AvgIpc) is 2.81. The van der Waals surface area contributed by atoms with E-state index in [1.807, 2.05) is 12.1 Å². The molecule has 0 aliphatic carbocycles. The number of halogens is 1. The number of rotatable bonds is 4. The molecule has 0 aliphatic rings. The van der Waals surface area contributed by atoms with Crippen molar-refractivity contribution >= 4 is 17.6 Å². The summed E-state index contributed by atoms with van der Waals surface area (Å²) in [5.41, 5.74) is 0.866. The molecule has 1 atom stereocenters. The molecule has 1 aromatic heterocycles. The largest absolute Gasteiger partial charge is 0.456 e. The van der Waals surface area contributed by atoms with Crippen molar-refractivity contribution in [2.75, 3.05) is 0 Å².